The second kappa shape index (κ2) is 12.0. The lowest BCUT2D eigenvalue weighted by atomic mass is 9.94. The van der Waals surface area contributed by atoms with Crippen molar-refractivity contribution in [3.05, 3.63) is 126 Å². The fraction of sp³-hybridized carbons (Fsp3) is 0.194. The van der Waals surface area contributed by atoms with E-state index >= 15 is 0 Å². The molecule has 2 atom stereocenters. The Labute approximate surface area is 219 Å². The molecule has 0 heterocycles. The topological polar surface area (TPSA) is 49.8 Å². The minimum atomic E-state index is -4.79. The van der Waals surface area contributed by atoms with E-state index in [1.54, 1.807) is 18.2 Å². The average Bonchev–Trinajstić information content (AvgIpc) is 2.90. The first-order valence-electron chi connectivity index (χ1n) is 12.2. The van der Waals surface area contributed by atoms with Crippen LogP contribution in [0, 0.1) is 0 Å². The summed E-state index contributed by atoms with van der Waals surface area (Å²) >= 11 is 0. The van der Waals surface area contributed by atoms with E-state index in [0.717, 1.165) is 16.7 Å². The molecule has 0 fully saturated rings. The van der Waals surface area contributed by atoms with Crippen LogP contribution in [-0.2, 0) is 11.3 Å². The molecule has 1 unspecified atom stereocenters. The average molecular weight is 520 g/mol. The number of aliphatic carboxylic acids is 1. The van der Waals surface area contributed by atoms with E-state index in [1.807, 2.05) is 72.8 Å². The normalized spacial score (nSPS) is 13.2. The van der Waals surface area contributed by atoms with Crippen LogP contribution in [0.25, 0.3) is 11.1 Å². The van der Waals surface area contributed by atoms with Gasteiger partial charge in [0.2, 0.25) is 0 Å². The maximum atomic E-state index is 12.8. The molecule has 4 aromatic rings. The van der Waals surface area contributed by atoms with Crippen molar-refractivity contribution in [3.8, 4) is 16.9 Å². The van der Waals surface area contributed by atoms with E-state index in [4.69, 9.17) is 0 Å². The molecule has 0 saturated heterocycles. The fourth-order valence-electron chi connectivity index (χ4n) is 4.62. The monoisotopic (exact) mass is 519 g/mol. The maximum absolute atomic E-state index is 12.8. The zero-order valence-corrected chi connectivity index (χ0v) is 20.8. The van der Waals surface area contributed by atoms with Gasteiger partial charge in [0.15, 0.2) is 0 Å². The first kappa shape index (κ1) is 26.9. The van der Waals surface area contributed by atoms with Gasteiger partial charge in [-0.1, -0.05) is 91.0 Å². The number of carboxylic acid groups (broad SMARTS) is 1. The summed E-state index contributed by atoms with van der Waals surface area (Å²) in [6, 6.07) is 32.2. The summed E-state index contributed by atoms with van der Waals surface area (Å²) in [4.78, 5) is 14.2. The highest BCUT2D eigenvalue weighted by Gasteiger charge is 2.31. The highest BCUT2D eigenvalue weighted by molar-refractivity contribution is 5.69. The molecule has 4 rings (SSSR count). The molecule has 0 bridgehead atoms. The van der Waals surface area contributed by atoms with Crippen LogP contribution >= 0.6 is 0 Å². The summed E-state index contributed by atoms with van der Waals surface area (Å²) in [5.74, 6) is -1.26. The third kappa shape index (κ3) is 7.23. The van der Waals surface area contributed by atoms with E-state index in [1.165, 1.54) is 18.2 Å². The quantitative estimate of drug-likeness (QED) is 0.230. The van der Waals surface area contributed by atoms with E-state index in [0.29, 0.717) is 17.7 Å². The Kier molecular flexibility index (Phi) is 8.48. The van der Waals surface area contributed by atoms with Crippen molar-refractivity contribution in [3.63, 3.8) is 0 Å². The SMILES string of the molecule is C[C@H](c1ccccc1)N(Cc1ccccc1)C(CC(=O)O)c1cccc(-c2cccc(OC(F)(F)F)c2)c1. The van der Waals surface area contributed by atoms with Gasteiger partial charge in [0.05, 0.1) is 6.42 Å². The zero-order chi connectivity index (χ0) is 27.1. The third-order valence-electron chi connectivity index (χ3n) is 6.43. The predicted octanol–water partition coefficient (Wildman–Crippen LogP) is 8.03. The van der Waals surface area contributed by atoms with Crippen LogP contribution in [0.15, 0.2) is 109 Å². The molecule has 196 valence electrons. The second-order valence-corrected chi connectivity index (χ2v) is 9.06. The van der Waals surface area contributed by atoms with Gasteiger partial charge in [0.25, 0.3) is 0 Å². The number of hydrogen-bond acceptors (Lipinski definition) is 3. The van der Waals surface area contributed by atoms with Crippen molar-refractivity contribution >= 4 is 5.97 Å². The molecule has 1 N–H and O–H groups in total. The highest BCUT2D eigenvalue weighted by Crippen LogP contribution is 2.37. The number of alkyl halides is 3. The molecule has 4 nitrogen and oxygen atoms in total. The molecule has 38 heavy (non-hydrogen) atoms. The van der Waals surface area contributed by atoms with Gasteiger partial charge in [-0.25, -0.2) is 0 Å². The molecular weight excluding hydrogens is 491 g/mol. The van der Waals surface area contributed by atoms with E-state index in [9.17, 15) is 23.1 Å². The van der Waals surface area contributed by atoms with Gasteiger partial charge in [0, 0.05) is 18.6 Å². The summed E-state index contributed by atoms with van der Waals surface area (Å²) in [5.41, 5.74) is 4.04. The molecule has 4 aromatic carbocycles. The van der Waals surface area contributed by atoms with Crippen LogP contribution < -0.4 is 4.74 Å². The minimum Gasteiger partial charge on any atom is -0.481 e. The third-order valence-corrected chi connectivity index (χ3v) is 6.43. The first-order chi connectivity index (χ1) is 18.2. The molecular formula is C31H28F3NO3. The fourth-order valence-corrected chi connectivity index (χ4v) is 4.62. The Bertz CT molecular complexity index is 1340. The number of benzene rings is 4. The number of halogens is 3. The number of ether oxygens (including phenoxy) is 1. The van der Waals surface area contributed by atoms with Gasteiger partial charge in [-0.3, -0.25) is 9.69 Å². The molecule has 0 spiro atoms. The van der Waals surface area contributed by atoms with E-state index < -0.39 is 18.4 Å². The highest BCUT2D eigenvalue weighted by atomic mass is 19.4. The Balaban J connectivity index is 1.75. The maximum Gasteiger partial charge on any atom is 0.573 e. The Morgan fingerprint density at radius 3 is 2.03 bits per heavy atom. The van der Waals surface area contributed by atoms with Gasteiger partial charge >= 0.3 is 12.3 Å². The molecule has 0 aliphatic heterocycles. The lowest BCUT2D eigenvalue weighted by molar-refractivity contribution is -0.274. The van der Waals surface area contributed by atoms with Gasteiger partial charge < -0.3 is 9.84 Å². The zero-order valence-electron chi connectivity index (χ0n) is 20.8. The molecule has 0 aliphatic carbocycles. The van der Waals surface area contributed by atoms with E-state index in [2.05, 4.69) is 16.6 Å². The van der Waals surface area contributed by atoms with Crippen molar-refractivity contribution in [2.24, 2.45) is 0 Å². The van der Waals surface area contributed by atoms with Crippen molar-refractivity contribution in [2.45, 2.75) is 38.3 Å². The number of nitrogens with zero attached hydrogens (tertiary/aromatic N) is 1. The standard InChI is InChI=1S/C31H28F3NO3/c1-22(24-12-6-3-7-13-24)35(21-23-10-4-2-5-11-23)29(20-30(36)37)27-16-8-14-25(18-27)26-15-9-17-28(19-26)38-31(32,33)34/h2-19,22,29H,20-21H2,1H3,(H,36,37)/t22-,29?/m1/s1. The van der Waals surface area contributed by atoms with Crippen molar-refractivity contribution in [1.29, 1.82) is 0 Å². The minimum absolute atomic E-state index is 0.118. The van der Waals surface area contributed by atoms with E-state index in [-0.39, 0.29) is 18.2 Å². The van der Waals surface area contributed by atoms with Crippen LogP contribution in [0.4, 0.5) is 13.2 Å². The predicted molar refractivity (Wildman–Crippen MR) is 140 cm³/mol. The molecule has 0 saturated carbocycles. The van der Waals surface area contributed by atoms with Crippen LogP contribution in [0.1, 0.15) is 42.1 Å². The van der Waals surface area contributed by atoms with Crippen molar-refractivity contribution < 1.29 is 27.8 Å². The second-order valence-electron chi connectivity index (χ2n) is 9.06. The summed E-state index contributed by atoms with van der Waals surface area (Å²) in [6.07, 6.45) is -4.94. The number of hydrogen-bond donors (Lipinski definition) is 1. The molecule has 7 heteroatoms. The summed E-state index contributed by atoms with van der Waals surface area (Å²) in [7, 11) is 0. The smallest absolute Gasteiger partial charge is 0.481 e. The van der Waals surface area contributed by atoms with Crippen LogP contribution in [0.2, 0.25) is 0 Å². The Hall–Kier alpha value is -4.10. The van der Waals surface area contributed by atoms with Crippen LogP contribution in [0.3, 0.4) is 0 Å². The van der Waals surface area contributed by atoms with Crippen molar-refractivity contribution in [1.82, 2.24) is 4.90 Å². The Morgan fingerprint density at radius 2 is 1.39 bits per heavy atom. The first-order valence-corrected chi connectivity index (χ1v) is 12.2. The van der Waals surface area contributed by atoms with Gasteiger partial charge in [-0.15, -0.1) is 13.2 Å². The number of carboxylic acids is 1. The molecule has 0 radical (unpaired) electrons. The Morgan fingerprint density at radius 1 is 0.816 bits per heavy atom. The largest absolute Gasteiger partial charge is 0.573 e. The molecule has 0 aliphatic rings. The van der Waals surface area contributed by atoms with Gasteiger partial charge in [0.1, 0.15) is 5.75 Å². The van der Waals surface area contributed by atoms with Crippen LogP contribution in [-0.4, -0.2) is 22.3 Å². The van der Waals surface area contributed by atoms with Gasteiger partial charge in [-0.05, 0) is 52.9 Å². The summed E-state index contributed by atoms with van der Waals surface area (Å²) < 4.78 is 42.4. The lowest BCUT2D eigenvalue weighted by Crippen LogP contribution is -2.32. The number of carbonyl (C=O) groups is 1. The van der Waals surface area contributed by atoms with Gasteiger partial charge in [-0.2, -0.15) is 0 Å². The molecule has 0 aromatic heterocycles. The lowest BCUT2D eigenvalue weighted by Gasteiger charge is -2.37. The molecule has 0 amide bonds. The summed E-state index contributed by atoms with van der Waals surface area (Å²) in [6.45, 7) is 2.56. The van der Waals surface area contributed by atoms with Crippen molar-refractivity contribution in [2.75, 3.05) is 0 Å². The summed E-state index contributed by atoms with van der Waals surface area (Å²) in [5, 5.41) is 9.89. The van der Waals surface area contributed by atoms with Crippen LogP contribution in [0.5, 0.6) is 5.75 Å². The number of rotatable bonds is 10.